The zero-order chi connectivity index (χ0) is 23.4. The molecule has 2 aliphatic rings. The summed E-state index contributed by atoms with van der Waals surface area (Å²) in [5, 5.41) is 0.725. The minimum Gasteiger partial charge on any atom is -0.457 e. The van der Waals surface area contributed by atoms with Crippen molar-refractivity contribution >= 4 is 28.5 Å². The zero-order valence-corrected chi connectivity index (χ0v) is 18.1. The van der Waals surface area contributed by atoms with Gasteiger partial charge in [0.1, 0.15) is 12.2 Å². The van der Waals surface area contributed by atoms with Crippen LogP contribution in [0.25, 0.3) is 11.0 Å². The van der Waals surface area contributed by atoms with Gasteiger partial charge in [0, 0.05) is 39.3 Å². The van der Waals surface area contributed by atoms with Gasteiger partial charge in [-0.15, -0.1) is 0 Å². The van der Waals surface area contributed by atoms with E-state index in [0.29, 0.717) is 16.7 Å². The Morgan fingerprint density at radius 1 is 0.824 bits per heavy atom. The average molecular weight is 450 g/mol. The maximum absolute atomic E-state index is 13.2. The van der Waals surface area contributed by atoms with Gasteiger partial charge in [-0.3, -0.25) is 9.59 Å². The number of rotatable bonds is 3. The maximum Gasteiger partial charge on any atom is 0.339 e. The van der Waals surface area contributed by atoms with Crippen LogP contribution < -0.4 is 5.63 Å². The second-order valence-corrected chi connectivity index (χ2v) is 8.57. The lowest BCUT2D eigenvalue weighted by Crippen LogP contribution is -2.24. The van der Waals surface area contributed by atoms with Crippen LogP contribution in [0.1, 0.15) is 65.3 Å². The van der Waals surface area contributed by atoms with Crippen molar-refractivity contribution in [2.24, 2.45) is 0 Å². The zero-order valence-electron chi connectivity index (χ0n) is 18.1. The molecule has 0 unspecified atom stereocenters. The number of carbonyl (C=O) groups is 3. The van der Waals surface area contributed by atoms with E-state index in [9.17, 15) is 19.2 Å². The van der Waals surface area contributed by atoms with Gasteiger partial charge in [-0.05, 0) is 48.6 Å². The van der Waals surface area contributed by atoms with E-state index < -0.39 is 11.6 Å². The number of esters is 1. The predicted molar refractivity (Wildman–Crippen MR) is 123 cm³/mol. The molecule has 0 atom stereocenters. The van der Waals surface area contributed by atoms with Crippen LogP contribution in [0.3, 0.4) is 0 Å². The smallest absolute Gasteiger partial charge is 0.339 e. The molecule has 0 saturated heterocycles. The highest BCUT2D eigenvalue weighted by atomic mass is 16.5. The molecule has 0 N–H and O–H groups in total. The van der Waals surface area contributed by atoms with E-state index in [1.54, 1.807) is 36.4 Å². The molecule has 6 heteroatoms. The molecule has 1 heterocycles. The van der Waals surface area contributed by atoms with Gasteiger partial charge in [0.2, 0.25) is 0 Å². The van der Waals surface area contributed by atoms with Crippen molar-refractivity contribution in [3.63, 3.8) is 0 Å². The summed E-state index contributed by atoms with van der Waals surface area (Å²) in [6, 6.07) is 16.3. The Bertz CT molecular complexity index is 1610. The molecule has 0 amide bonds. The number of carbonyl (C=O) groups excluding carboxylic acids is 3. The quantitative estimate of drug-likeness (QED) is 0.299. The summed E-state index contributed by atoms with van der Waals surface area (Å²) in [5.74, 6) is -1.43. The van der Waals surface area contributed by atoms with Gasteiger partial charge >= 0.3 is 11.6 Å². The lowest BCUT2D eigenvalue weighted by atomic mass is 9.82. The topological polar surface area (TPSA) is 90.7 Å². The Balaban J connectivity index is 1.35. The molecule has 6 nitrogen and oxygen atoms in total. The molecule has 166 valence electrons. The second-order valence-electron chi connectivity index (χ2n) is 8.57. The average Bonchev–Trinajstić information content (AvgIpc) is 3.31. The molecule has 0 fully saturated rings. The Hall–Kier alpha value is -4.32. The van der Waals surface area contributed by atoms with Gasteiger partial charge in [-0.1, -0.05) is 36.4 Å². The third-order valence-electron chi connectivity index (χ3n) is 6.57. The monoisotopic (exact) mass is 450 g/mol. The molecule has 1 aromatic heterocycles. The first-order valence-electron chi connectivity index (χ1n) is 11.1. The van der Waals surface area contributed by atoms with Gasteiger partial charge in [-0.25, -0.2) is 9.59 Å². The maximum atomic E-state index is 13.2. The molecule has 0 spiro atoms. The molecule has 0 bridgehead atoms. The summed E-state index contributed by atoms with van der Waals surface area (Å²) in [7, 11) is 0. The van der Waals surface area contributed by atoms with Crippen LogP contribution in [-0.2, 0) is 24.2 Å². The van der Waals surface area contributed by atoms with Gasteiger partial charge in [0.25, 0.3) is 0 Å². The summed E-state index contributed by atoms with van der Waals surface area (Å²) < 4.78 is 10.9. The second kappa shape index (κ2) is 7.63. The fourth-order valence-corrected chi connectivity index (χ4v) is 4.95. The molecular weight excluding hydrogens is 432 g/mol. The third-order valence-corrected chi connectivity index (χ3v) is 6.57. The minimum atomic E-state index is -0.736. The van der Waals surface area contributed by atoms with Crippen molar-refractivity contribution in [3.8, 4) is 0 Å². The Kier molecular flexibility index (Phi) is 4.55. The molecular formula is C28H18O6. The highest BCUT2D eigenvalue weighted by Crippen LogP contribution is 2.31. The van der Waals surface area contributed by atoms with E-state index in [1.165, 1.54) is 23.3 Å². The summed E-state index contributed by atoms with van der Waals surface area (Å²) in [4.78, 5) is 51.3. The molecule has 2 aliphatic carbocycles. The van der Waals surface area contributed by atoms with Gasteiger partial charge in [0.05, 0.1) is 5.56 Å². The van der Waals surface area contributed by atoms with Gasteiger partial charge in [-0.2, -0.15) is 0 Å². The van der Waals surface area contributed by atoms with Crippen molar-refractivity contribution in [2.45, 2.75) is 25.9 Å². The van der Waals surface area contributed by atoms with E-state index in [-0.39, 0.29) is 40.4 Å². The molecule has 34 heavy (non-hydrogen) atoms. The fraction of sp³-hybridized carbons (Fsp3) is 0.143. The first-order valence-corrected chi connectivity index (χ1v) is 11.1. The van der Waals surface area contributed by atoms with Crippen molar-refractivity contribution < 1.29 is 23.5 Å². The van der Waals surface area contributed by atoms with Gasteiger partial charge in [0.15, 0.2) is 11.6 Å². The molecule has 0 aliphatic heterocycles. The number of benzene rings is 3. The Labute approximate surface area is 193 Å². The molecule has 0 radical (unpaired) electrons. The van der Waals surface area contributed by atoms with E-state index in [0.717, 1.165) is 24.6 Å². The van der Waals surface area contributed by atoms with Crippen LogP contribution in [0.15, 0.2) is 69.9 Å². The third kappa shape index (κ3) is 3.10. The largest absolute Gasteiger partial charge is 0.457 e. The summed E-state index contributed by atoms with van der Waals surface area (Å²) in [6.45, 7) is -0.165. The minimum absolute atomic E-state index is 0.0264. The summed E-state index contributed by atoms with van der Waals surface area (Å²) in [6.07, 6.45) is 2.95. The Morgan fingerprint density at radius 3 is 2.32 bits per heavy atom. The number of fused-ring (bicyclic) bond motifs is 4. The highest BCUT2D eigenvalue weighted by molar-refractivity contribution is 6.30. The molecule has 0 saturated carbocycles. The first-order chi connectivity index (χ1) is 16.5. The number of aryl methyl sites for hydroxylation is 2. The van der Waals surface area contributed by atoms with Crippen LogP contribution in [0.2, 0.25) is 0 Å². The van der Waals surface area contributed by atoms with E-state index >= 15 is 0 Å². The number of hydrogen-bond acceptors (Lipinski definition) is 6. The van der Waals surface area contributed by atoms with Crippen molar-refractivity contribution in [2.75, 3.05) is 0 Å². The van der Waals surface area contributed by atoms with E-state index in [2.05, 4.69) is 0 Å². The lowest BCUT2D eigenvalue weighted by Gasteiger charge is -2.19. The van der Waals surface area contributed by atoms with E-state index in [4.69, 9.17) is 9.15 Å². The fourth-order valence-electron chi connectivity index (χ4n) is 4.95. The van der Waals surface area contributed by atoms with Crippen LogP contribution in [0.5, 0.6) is 0 Å². The van der Waals surface area contributed by atoms with Crippen LogP contribution in [0, 0.1) is 0 Å². The van der Waals surface area contributed by atoms with Crippen molar-refractivity contribution in [1.29, 1.82) is 0 Å². The van der Waals surface area contributed by atoms with Gasteiger partial charge < -0.3 is 9.15 Å². The van der Waals surface area contributed by atoms with Crippen LogP contribution >= 0.6 is 0 Å². The Morgan fingerprint density at radius 2 is 1.53 bits per heavy atom. The standard InChI is InChI=1S/C28H18O6/c29-24-13-17(22-11-15-5-3-6-16(15)12-23(22)34-24)14-33-28(32)21-10-4-9-20-25(21)27(31)19-8-2-1-7-18(19)26(20)30/h1-2,4,7-13H,3,5-6,14H2. The normalized spacial score (nSPS) is 14.0. The van der Waals surface area contributed by atoms with Crippen LogP contribution in [-0.4, -0.2) is 17.5 Å². The molecule has 4 aromatic rings. The van der Waals surface area contributed by atoms with Crippen molar-refractivity contribution in [3.05, 3.63) is 116 Å². The van der Waals surface area contributed by atoms with Crippen molar-refractivity contribution in [1.82, 2.24) is 0 Å². The predicted octanol–water partition coefficient (Wildman–Crippen LogP) is 4.41. The SMILES string of the molecule is O=C(OCc1cc(=O)oc2cc3c(cc12)CCC3)c1cccc2c1C(=O)c1ccccc1C2=O. The molecule has 6 rings (SSSR count). The number of ketones is 2. The first kappa shape index (κ1) is 20.3. The summed E-state index contributed by atoms with van der Waals surface area (Å²) in [5.41, 5.74) is 3.69. The number of hydrogen-bond donors (Lipinski definition) is 0. The van der Waals surface area contributed by atoms with E-state index in [1.807, 2.05) is 12.1 Å². The molecule has 3 aromatic carbocycles. The highest BCUT2D eigenvalue weighted by Gasteiger charge is 2.33. The lowest BCUT2D eigenvalue weighted by molar-refractivity contribution is 0.0471. The number of ether oxygens (including phenoxy) is 1. The van der Waals surface area contributed by atoms with Crippen LogP contribution in [0.4, 0.5) is 0 Å². The summed E-state index contributed by atoms with van der Waals surface area (Å²) >= 11 is 0.